The van der Waals surface area contributed by atoms with Crippen LogP contribution in [0.25, 0.3) is 6.08 Å². The molecule has 0 aromatic carbocycles. The molecule has 34 heavy (non-hydrogen) atoms. The zero-order valence-electron chi connectivity index (χ0n) is 19.7. The summed E-state index contributed by atoms with van der Waals surface area (Å²) in [5, 5.41) is 6.42. The molecule has 0 radical (unpaired) electrons. The second-order valence-electron chi connectivity index (χ2n) is 9.37. The molecule has 0 unspecified atom stereocenters. The van der Waals surface area contributed by atoms with Crippen LogP contribution >= 0.6 is 22.7 Å². The molecular weight excluding hydrogens is 478 g/mol. The van der Waals surface area contributed by atoms with Crippen LogP contribution in [-0.4, -0.2) is 52.4 Å². The van der Waals surface area contributed by atoms with E-state index < -0.39 is 12.5 Å². The fraction of sp³-hybridized carbons (Fsp3) is 0.625. The summed E-state index contributed by atoms with van der Waals surface area (Å²) in [5.74, 6) is -2.23. The highest BCUT2D eigenvalue weighted by Gasteiger charge is 2.27. The number of thiazole rings is 2. The van der Waals surface area contributed by atoms with Crippen LogP contribution in [0.5, 0.6) is 5.19 Å². The Labute approximate surface area is 207 Å². The van der Waals surface area contributed by atoms with E-state index in [0.717, 1.165) is 86.4 Å². The Morgan fingerprint density at radius 1 is 1.32 bits per heavy atom. The molecule has 0 saturated heterocycles. The molecule has 0 spiro atoms. The smallest absolute Gasteiger partial charge is 0.278 e. The fourth-order valence-electron chi connectivity index (χ4n) is 4.50. The normalized spacial score (nSPS) is 21.5. The highest BCUT2D eigenvalue weighted by molar-refractivity contribution is 7.13. The summed E-state index contributed by atoms with van der Waals surface area (Å²) in [6.07, 6.45) is 9.65. The lowest BCUT2D eigenvalue weighted by Gasteiger charge is -2.31. The predicted molar refractivity (Wildman–Crippen MR) is 132 cm³/mol. The number of aryl methyl sites for hydroxylation is 1. The van der Waals surface area contributed by atoms with E-state index in [4.69, 9.17) is 4.74 Å². The highest BCUT2D eigenvalue weighted by Crippen LogP contribution is 2.32. The summed E-state index contributed by atoms with van der Waals surface area (Å²) in [6, 6.07) is 0.243. The van der Waals surface area contributed by atoms with Crippen molar-refractivity contribution < 1.29 is 18.3 Å². The quantitative estimate of drug-likeness (QED) is 0.477. The van der Waals surface area contributed by atoms with E-state index in [1.807, 2.05) is 12.3 Å². The summed E-state index contributed by atoms with van der Waals surface area (Å²) in [4.78, 5) is 24.6. The number of alkyl halides is 2. The first-order valence-corrected chi connectivity index (χ1v) is 13.6. The van der Waals surface area contributed by atoms with Crippen LogP contribution in [0.1, 0.15) is 60.3 Å². The summed E-state index contributed by atoms with van der Waals surface area (Å²) < 4.78 is 31.3. The van der Waals surface area contributed by atoms with Crippen molar-refractivity contribution in [2.75, 3.05) is 19.7 Å². The monoisotopic (exact) mass is 510 g/mol. The van der Waals surface area contributed by atoms with Crippen LogP contribution in [0.4, 0.5) is 8.78 Å². The van der Waals surface area contributed by atoms with E-state index >= 15 is 0 Å². The van der Waals surface area contributed by atoms with Crippen molar-refractivity contribution in [1.29, 1.82) is 0 Å². The number of hydrogen-bond acceptors (Lipinski definition) is 7. The number of nitrogens with zero attached hydrogens (tertiary/aromatic N) is 3. The van der Waals surface area contributed by atoms with Crippen molar-refractivity contribution in [3.05, 3.63) is 32.7 Å². The number of nitrogens with one attached hydrogen (secondary N) is 1. The van der Waals surface area contributed by atoms with Crippen LogP contribution < -0.4 is 10.1 Å². The number of rotatable bonds is 9. The Kier molecular flexibility index (Phi) is 8.31. The summed E-state index contributed by atoms with van der Waals surface area (Å²) in [7, 11) is 0. The van der Waals surface area contributed by atoms with Gasteiger partial charge in [0.2, 0.25) is 5.91 Å². The van der Waals surface area contributed by atoms with Gasteiger partial charge in [-0.25, -0.2) is 18.7 Å². The van der Waals surface area contributed by atoms with Gasteiger partial charge in [-0.05, 0) is 64.0 Å². The molecule has 1 aliphatic heterocycles. The number of carbonyl (C=O) groups is 1. The minimum atomic E-state index is -2.85. The van der Waals surface area contributed by atoms with Crippen molar-refractivity contribution in [2.45, 2.75) is 70.9 Å². The SMILES string of the molecule is Cc1nc(/C=C/C(=O)N[C@H]2CC[C@H](CCN3CCc4sc(OCC(C)(F)F)nc4C3)CC2)cs1. The summed E-state index contributed by atoms with van der Waals surface area (Å²) >= 11 is 2.97. The highest BCUT2D eigenvalue weighted by atomic mass is 32.1. The summed E-state index contributed by atoms with van der Waals surface area (Å²) in [5.41, 5.74) is 1.80. The van der Waals surface area contributed by atoms with Gasteiger partial charge in [-0.2, -0.15) is 0 Å². The Balaban J connectivity index is 1.15. The van der Waals surface area contributed by atoms with E-state index in [1.165, 1.54) is 11.3 Å². The van der Waals surface area contributed by atoms with Crippen LogP contribution in [0.15, 0.2) is 11.5 Å². The van der Waals surface area contributed by atoms with Gasteiger partial charge in [-0.15, -0.1) is 11.3 Å². The largest absolute Gasteiger partial charge is 0.464 e. The van der Waals surface area contributed by atoms with Gasteiger partial charge in [-0.1, -0.05) is 11.3 Å². The number of ether oxygens (including phenoxy) is 1. The van der Waals surface area contributed by atoms with Crippen molar-refractivity contribution in [3.63, 3.8) is 0 Å². The summed E-state index contributed by atoms with van der Waals surface area (Å²) in [6.45, 7) is 4.91. The lowest BCUT2D eigenvalue weighted by atomic mass is 9.84. The third-order valence-corrected chi connectivity index (χ3v) is 8.19. The molecule has 1 amide bonds. The number of hydrogen-bond donors (Lipinski definition) is 1. The van der Waals surface area contributed by atoms with Crippen molar-refractivity contribution in [1.82, 2.24) is 20.2 Å². The van der Waals surface area contributed by atoms with Crippen LogP contribution in [0, 0.1) is 12.8 Å². The van der Waals surface area contributed by atoms with Gasteiger partial charge in [0.05, 0.1) is 16.4 Å². The van der Waals surface area contributed by atoms with Crippen molar-refractivity contribution in [2.24, 2.45) is 5.92 Å². The minimum absolute atomic E-state index is 0.0486. The molecule has 0 bridgehead atoms. The molecule has 2 aromatic rings. The van der Waals surface area contributed by atoms with Crippen molar-refractivity contribution in [3.8, 4) is 5.19 Å². The Bertz CT molecular complexity index is 994. The van der Waals surface area contributed by atoms with E-state index in [9.17, 15) is 13.6 Å². The zero-order valence-corrected chi connectivity index (χ0v) is 21.3. The first-order chi connectivity index (χ1) is 16.2. The third kappa shape index (κ3) is 7.55. The minimum Gasteiger partial charge on any atom is -0.464 e. The number of carbonyl (C=O) groups excluding carboxylic acids is 1. The molecule has 0 atom stereocenters. The predicted octanol–water partition coefficient (Wildman–Crippen LogP) is 5.08. The van der Waals surface area contributed by atoms with Gasteiger partial charge in [0, 0.05) is 42.4 Å². The van der Waals surface area contributed by atoms with Gasteiger partial charge >= 0.3 is 0 Å². The average molecular weight is 511 g/mol. The molecule has 1 fully saturated rings. The van der Waals surface area contributed by atoms with E-state index in [0.29, 0.717) is 11.1 Å². The van der Waals surface area contributed by atoms with E-state index in [1.54, 1.807) is 23.5 Å². The van der Waals surface area contributed by atoms with Gasteiger partial charge in [0.1, 0.15) is 0 Å². The van der Waals surface area contributed by atoms with Gasteiger partial charge in [-0.3, -0.25) is 9.69 Å². The molecule has 1 N–H and O–H groups in total. The van der Waals surface area contributed by atoms with Crippen LogP contribution in [0.2, 0.25) is 0 Å². The lowest BCUT2D eigenvalue weighted by molar-refractivity contribution is -0.117. The van der Waals surface area contributed by atoms with Crippen LogP contribution in [0.3, 0.4) is 0 Å². The van der Waals surface area contributed by atoms with Crippen LogP contribution in [-0.2, 0) is 17.8 Å². The first-order valence-electron chi connectivity index (χ1n) is 11.9. The Morgan fingerprint density at radius 3 is 2.82 bits per heavy atom. The molecule has 1 saturated carbocycles. The second kappa shape index (κ2) is 11.2. The maximum Gasteiger partial charge on any atom is 0.278 e. The van der Waals surface area contributed by atoms with E-state index in [2.05, 4.69) is 20.2 Å². The Morgan fingerprint density at radius 2 is 2.12 bits per heavy atom. The molecule has 186 valence electrons. The zero-order chi connectivity index (χ0) is 24.1. The maximum atomic E-state index is 13.0. The number of aromatic nitrogens is 2. The second-order valence-corrected chi connectivity index (χ2v) is 11.5. The van der Waals surface area contributed by atoms with Gasteiger partial charge in [0.25, 0.3) is 11.1 Å². The standard InChI is InChI=1S/C24H32F2N4O2S2/c1-16-27-19(14-33-16)7-8-22(31)28-18-5-3-17(4-6-18)9-11-30-12-10-21-20(13-30)29-23(34-21)32-15-24(2,25)26/h7-8,14,17-18H,3-6,9-13,15H2,1-2H3,(H,28,31)/b8-7+/t17-,18-. The molecule has 4 rings (SSSR count). The van der Waals surface area contributed by atoms with Gasteiger partial charge in [0.15, 0.2) is 6.61 Å². The van der Waals surface area contributed by atoms with E-state index in [-0.39, 0.29) is 11.9 Å². The number of fused-ring (bicyclic) bond motifs is 1. The fourth-order valence-corrected chi connectivity index (χ4v) is 5.98. The topological polar surface area (TPSA) is 67.4 Å². The first kappa shape index (κ1) is 25.2. The van der Waals surface area contributed by atoms with Crippen molar-refractivity contribution >= 4 is 34.7 Å². The molecule has 3 heterocycles. The van der Waals surface area contributed by atoms with Gasteiger partial charge < -0.3 is 10.1 Å². The number of halogens is 2. The third-order valence-electron chi connectivity index (χ3n) is 6.33. The lowest BCUT2D eigenvalue weighted by Crippen LogP contribution is -2.37. The maximum absolute atomic E-state index is 13.0. The Hall–Kier alpha value is -1.91. The molecule has 2 aliphatic rings. The molecule has 6 nitrogen and oxygen atoms in total. The molecule has 1 aliphatic carbocycles. The molecular formula is C24H32F2N4O2S2. The average Bonchev–Trinajstić information content (AvgIpc) is 3.40. The molecule has 10 heteroatoms. The molecule has 2 aromatic heterocycles. The number of amides is 1.